The van der Waals surface area contributed by atoms with Gasteiger partial charge in [-0.25, -0.2) is 9.59 Å². The van der Waals surface area contributed by atoms with Gasteiger partial charge in [0.05, 0.1) is 24.2 Å². The summed E-state index contributed by atoms with van der Waals surface area (Å²) in [6.07, 6.45) is 5.70. The van der Waals surface area contributed by atoms with Crippen LogP contribution in [0.4, 0.5) is 0 Å². The number of carbonyl (C=O) groups is 2. The van der Waals surface area contributed by atoms with Crippen molar-refractivity contribution in [2.24, 2.45) is 5.92 Å². The maximum Gasteiger partial charge on any atom is 0.336 e. The molecule has 6 nitrogen and oxygen atoms in total. The van der Waals surface area contributed by atoms with Gasteiger partial charge in [0.15, 0.2) is 0 Å². The maximum absolute atomic E-state index is 11.9. The minimum Gasteiger partial charge on any atom is -0.458 e. The van der Waals surface area contributed by atoms with Crippen LogP contribution < -0.4 is 0 Å². The molecular weight excluding hydrogens is 336 g/mol. The molecule has 1 fully saturated rings. The summed E-state index contributed by atoms with van der Waals surface area (Å²) in [5.41, 5.74) is 2.27. The van der Waals surface area contributed by atoms with E-state index < -0.39 is 30.1 Å². The van der Waals surface area contributed by atoms with E-state index in [2.05, 4.69) is 12.7 Å². The minimum atomic E-state index is -0.947. The van der Waals surface area contributed by atoms with Crippen LogP contribution in [0.3, 0.4) is 0 Å². The van der Waals surface area contributed by atoms with Crippen LogP contribution in [-0.4, -0.2) is 47.6 Å². The lowest BCUT2D eigenvalue weighted by atomic mass is 9.86. The molecule has 0 saturated carbocycles. The van der Waals surface area contributed by atoms with Crippen LogP contribution in [0.1, 0.15) is 33.1 Å². The van der Waals surface area contributed by atoms with Crippen LogP contribution in [0.2, 0.25) is 0 Å². The largest absolute Gasteiger partial charge is 0.458 e. The van der Waals surface area contributed by atoms with E-state index >= 15 is 0 Å². The summed E-state index contributed by atoms with van der Waals surface area (Å²) in [6, 6.07) is 0. The monoisotopic (exact) mass is 362 g/mol. The van der Waals surface area contributed by atoms with E-state index in [1.807, 2.05) is 6.92 Å². The maximum atomic E-state index is 11.9. The Labute approximate surface area is 153 Å². The van der Waals surface area contributed by atoms with Gasteiger partial charge >= 0.3 is 11.9 Å². The van der Waals surface area contributed by atoms with Crippen molar-refractivity contribution in [1.82, 2.24) is 0 Å². The Morgan fingerprint density at radius 3 is 2.88 bits per heavy atom. The Balaban J connectivity index is 2.18. The average molecular weight is 362 g/mol. The van der Waals surface area contributed by atoms with Crippen LogP contribution >= 0.6 is 0 Å². The van der Waals surface area contributed by atoms with Crippen molar-refractivity contribution in [3.05, 3.63) is 47.1 Å². The number of carbonyl (C=O) groups excluding carboxylic acids is 2. The normalized spacial score (nSPS) is 27.2. The Hall–Kier alpha value is -2.18. The number of aliphatic hydroxyl groups excluding tert-OH is 2. The highest BCUT2D eigenvalue weighted by molar-refractivity contribution is 5.91. The summed E-state index contributed by atoms with van der Waals surface area (Å²) in [5.74, 6) is -1.58. The predicted molar refractivity (Wildman–Crippen MR) is 96.0 cm³/mol. The number of hydrogen-bond acceptors (Lipinski definition) is 6. The molecule has 2 rings (SSSR count). The summed E-state index contributed by atoms with van der Waals surface area (Å²) in [4.78, 5) is 23.8. The molecule has 0 amide bonds. The fourth-order valence-corrected chi connectivity index (χ4v) is 3.22. The van der Waals surface area contributed by atoms with E-state index in [0.717, 1.165) is 17.6 Å². The Kier molecular flexibility index (Phi) is 6.94. The molecule has 2 N–H and O–H groups in total. The molecule has 0 aromatic rings. The molecular formula is C20H26O6. The predicted octanol–water partition coefficient (Wildman–Crippen LogP) is 1.98. The first kappa shape index (κ1) is 20.1. The molecule has 1 aliphatic heterocycles. The minimum absolute atomic E-state index is 0.0127. The van der Waals surface area contributed by atoms with Gasteiger partial charge in [-0.2, -0.15) is 0 Å². The number of ether oxygens (including phenoxy) is 2. The molecule has 0 bridgehead atoms. The topological polar surface area (TPSA) is 93.1 Å². The number of allylic oxidation sites excluding steroid dienone is 2. The molecule has 142 valence electrons. The van der Waals surface area contributed by atoms with Gasteiger partial charge in [-0.05, 0) is 32.3 Å². The molecule has 0 aromatic heterocycles. The van der Waals surface area contributed by atoms with Crippen molar-refractivity contribution in [3.63, 3.8) is 0 Å². The van der Waals surface area contributed by atoms with Gasteiger partial charge in [-0.15, -0.1) is 0 Å². The van der Waals surface area contributed by atoms with Crippen LogP contribution in [0.25, 0.3) is 0 Å². The second kappa shape index (κ2) is 8.96. The number of esters is 2. The summed E-state index contributed by atoms with van der Waals surface area (Å²) >= 11 is 0. The zero-order valence-corrected chi connectivity index (χ0v) is 15.2. The Bertz CT molecular complexity index is 670. The second-order valence-electron chi connectivity index (χ2n) is 6.65. The Morgan fingerprint density at radius 1 is 1.50 bits per heavy atom. The highest BCUT2D eigenvalue weighted by atomic mass is 16.6. The van der Waals surface area contributed by atoms with Crippen molar-refractivity contribution in [2.75, 3.05) is 13.2 Å². The molecule has 0 spiro atoms. The first-order chi connectivity index (χ1) is 12.4. The molecule has 1 saturated heterocycles. The molecule has 0 radical (unpaired) electrons. The number of aliphatic hydroxyl groups is 2. The molecule has 26 heavy (non-hydrogen) atoms. The average Bonchev–Trinajstić information content (AvgIpc) is 2.87. The molecule has 1 heterocycles. The lowest BCUT2D eigenvalue weighted by molar-refractivity contribution is -0.140. The van der Waals surface area contributed by atoms with Crippen LogP contribution in [-0.2, 0) is 19.1 Å². The highest BCUT2D eigenvalue weighted by Gasteiger charge is 2.42. The smallest absolute Gasteiger partial charge is 0.336 e. The fraction of sp³-hybridized carbons (Fsp3) is 0.500. The fourth-order valence-electron chi connectivity index (χ4n) is 3.22. The van der Waals surface area contributed by atoms with Gasteiger partial charge in [0.1, 0.15) is 12.7 Å². The molecule has 2 aliphatic rings. The Morgan fingerprint density at radius 2 is 2.23 bits per heavy atom. The van der Waals surface area contributed by atoms with Gasteiger partial charge in [-0.1, -0.05) is 30.4 Å². The zero-order valence-electron chi connectivity index (χ0n) is 15.2. The molecule has 1 aliphatic carbocycles. The summed E-state index contributed by atoms with van der Waals surface area (Å²) in [6.45, 7) is 7.00. The first-order valence-electron chi connectivity index (χ1n) is 8.73. The lowest BCUT2D eigenvalue weighted by Crippen LogP contribution is -2.29. The number of hydrogen-bond donors (Lipinski definition) is 2. The molecule has 3 atom stereocenters. The van der Waals surface area contributed by atoms with Crippen molar-refractivity contribution in [1.29, 1.82) is 0 Å². The van der Waals surface area contributed by atoms with E-state index in [0.29, 0.717) is 12.8 Å². The van der Waals surface area contributed by atoms with Gasteiger partial charge in [0.2, 0.25) is 0 Å². The first-order valence-corrected chi connectivity index (χ1v) is 8.73. The second-order valence-corrected chi connectivity index (χ2v) is 6.65. The molecule has 6 heteroatoms. The standard InChI is InChI=1S/C20H26O6/c1-4-15(10-21)20(24)25-11-14-7-5-6-12(2)8-17-18(16(22)9-14)13(3)19(23)26-17/h4,6,9,16-18,21-22H,3,5,7-8,10-11H2,1-2H3. The van der Waals surface area contributed by atoms with E-state index in [1.165, 1.54) is 6.08 Å². The van der Waals surface area contributed by atoms with Crippen LogP contribution in [0.15, 0.2) is 47.1 Å². The highest BCUT2D eigenvalue weighted by Crippen LogP contribution is 2.35. The van der Waals surface area contributed by atoms with E-state index in [9.17, 15) is 14.7 Å². The quantitative estimate of drug-likeness (QED) is 0.451. The van der Waals surface area contributed by atoms with E-state index in [1.54, 1.807) is 13.0 Å². The van der Waals surface area contributed by atoms with Gasteiger partial charge in [0.25, 0.3) is 0 Å². The van der Waals surface area contributed by atoms with E-state index in [-0.39, 0.29) is 24.4 Å². The van der Waals surface area contributed by atoms with Crippen molar-refractivity contribution < 1.29 is 29.3 Å². The van der Waals surface area contributed by atoms with Crippen molar-refractivity contribution in [3.8, 4) is 0 Å². The van der Waals surface area contributed by atoms with Crippen LogP contribution in [0.5, 0.6) is 0 Å². The van der Waals surface area contributed by atoms with Gasteiger partial charge < -0.3 is 19.7 Å². The summed E-state index contributed by atoms with van der Waals surface area (Å²) < 4.78 is 10.6. The third-order valence-corrected chi connectivity index (χ3v) is 4.75. The third kappa shape index (κ3) is 4.71. The van der Waals surface area contributed by atoms with Crippen LogP contribution in [0, 0.1) is 5.92 Å². The summed E-state index contributed by atoms with van der Waals surface area (Å²) in [7, 11) is 0. The van der Waals surface area contributed by atoms with Gasteiger partial charge in [0, 0.05) is 12.0 Å². The van der Waals surface area contributed by atoms with Gasteiger partial charge in [-0.3, -0.25) is 0 Å². The zero-order chi connectivity index (χ0) is 19.3. The number of fused-ring (bicyclic) bond motifs is 1. The third-order valence-electron chi connectivity index (χ3n) is 4.75. The summed E-state index contributed by atoms with van der Waals surface area (Å²) in [5, 5.41) is 19.8. The van der Waals surface area contributed by atoms with E-state index in [4.69, 9.17) is 14.6 Å². The number of rotatable bonds is 4. The van der Waals surface area contributed by atoms with Crippen molar-refractivity contribution in [2.45, 2.75) is 45.3 Å². The lowest BCUT2D eigenvalue weighted by Gasteiger charge is -2.23. The molecule has 0 aromatic carbocycles. The van der Waals surface area contributed by atoms with Crippen molar-refractivity contribution >= 4 is 11.9 Å². The molecule has 3 unspecified atom stereocenters. The SMILES string of the molecule is C=C1C(=O)OC2CC(C)=CCCC(COC(=O)C(=CC)CO)=CC(O)C12.